The van der Waals surface area contributed by atoms with Crippen molar-refractivity contribution < 1.29 is 4.74 Å². The van der Waals surface area contributed by atoms with Gasteiger partial charge in [-0.05, 0) is 74.6 Å². The summed E-state index contributed by atoms with van der Waals surface area (Å²) in [6, 6.07) is 14.3. The molecule has 1 saturated carbocycles. The van der Waals surface area contributed by atoms with Crippen molar-refractivity contribution in [2.24, 2.45) is 5.73 Å². The van der Waals surface area contributed by atoms with Gasteiger partial charge in [-0.3, -0.25) is 0 Å². The minimum absolute atomic E-state index is 0.313. The van der Waals surface area contributed by atoms with Crippen molar-refractivity contribution in [3.8, 4) is 5.75 Å². The highest BCUT2D eigenvalue weighted by atomic mass is 35.5. The van der Waals surface area contributed by atoms with Crippen LogP contribution in [0.2, 0.25) is 5.02 Å². The first-order chi connectivity index (χ1) is 14.6. The number of nitrogens with one attached hydrogen (secondary N) is 1. The van der Waals surface area contributed by atoms with Crippen molar-refractivity contribution >= 4 is 40.5 Å². The molecule has 30 heavy (non-hydrogen) atoms. The Morgan fingerprint density at radius 1 is 1.07 bits per heavy atom. The van der Waals surface area contributed by atoms with E-state index in [1.807, 2.05) is 61.5 Å². The summed E-state index contributed by atoms with van der Waals surface area (Å²) in [5.74, 6) is 2.33. The van der Waals surface area contributed by atoms with Crippen LogP contribution in [0.3, 0.4) is 0 Å². The van der Waals surface area contributed by atoms with E-state index >= 15 is 0 Å². The summed E-state index contributed by atoms with van der Waals surface area (Å²) in [6.45, 7) is 2.60. The van der Waals surface area contributed by atoms with Gasteiger partial charge in [-0.15, -0.1) is 0 Å². The Morgan fingerprint density at radius 3 is 2.57 bits per heavy atom. The maximum atomic E-state index is 6.07. The first kappa shape index (κ1) is 20.6. The molecule has 0 amide bonds. The first-order valence-corrected chi connectivity index (χ1v) is 10.9. The lowest BCUT2D eigenvalue weighted by Crippen LogP contribution is -2.33. The average Bonchev–Trinajstić information content (AvgIpc) is 2.75. The maximum Gasteiger partial charge on any atom is 0.154 e. The van der Waals surface area contributed by atoms with Crippen molar-refractivity contribution in [1.82, 2.24) is 9.97 Å². The van der Waals surface area contributed by atoms with Crippen LogP contribution in [0.25, 0.3) is 23.1 Å². The Morgan fingerprint density at radius 2 is 1.83 bits per heavy atom. The zero-order valence-electron chi connectivity index (χ0n) is 17.1. The number of halogens is 1. The number of anilines is 1. The van der Waals surface area contributed by atoms with Gasteiger partial charge >= 0.3 is 0 Å². The van der Waals surface area contributed by atoms with E-state index < -0.39 is 0 Å². The van der Waals surface area contributed by atoms with E-state index in [-0.39, 0.29) is 0 Å². The van der Waals surface area contributed by atoms with Crippen molar-refractivity contribution in [2.75, 3.05) is 11.9 Å². The van der Waals surface area contributed by atoms with Crippen molar-refractivity contribution in [3.63, 3.8) is 0 Å². The predicted molar refractivity (Wildman–Crippen MR) is 125 cm³/mol. The van der Waals surface area contributed by atoms with E-state index in [2.05, 4.69) is 5.32 Å². The summed E-state index contributed by atoms with van der Waals surface area (Å²) in [4.78, 5) is 9.56. The Kier molecular flexibility index (Phi) is 6.50. The third-order valence-electron chi connectivity index (χ3n) is 5.40. The third-order valence-corrected chi connectivity index (χ3v) is 5.66. The summed E-state index contributed by atoms with van der Waals surface area (Å²) < 4.78 is 5.69. The van der Waals surface area contributed by atoms with Crippen LogP contribution in [0.1, 0.15) is 44.0 Å². The number of aromatic nitrogens is 2. The summed E-state index contributed by atoms with van der Waals surface area (Å²) in [7, 11) is 0. The Hall–Kier alpha value is -2.63. The van der Waals surface area contributed by atoms with Gasteiger partial charge in [0, 0.05) is 22.5 Å². The van der Waals surface area contributed by atoms with Gasteiger partial charge in [0.25, 0.3) is 0 Å². The smallest absolute Gasteiger partial charge is 0.154 e. The second-order valence-electron chi connectivity index (χ2n) is 7.68. The van der Waals surface area contributed by atoms with Gasteiger partial charge in [0.2, 0.25) is 0 Å². The number of ether oxygens (including phenoxy) is 1. The van der Waals surface area contributed by atoms with E-state index in [9.17, 15) is 0 Å². The van der Waals surface area contributed by atoms with Gasteiger partial charge in [0.05, 0.1) is 12.1 Å². The Labute approximate surface area is 182 Å². The molecule has 4 rings (SSSR count). The second kappa shape index (κ2) is 9.45. The molecule has 6 heteroatoms. The summed E-state index contributed by atoms with van der Waals surface area (Å²) in [6.07, 6.45) is 8.10. The quantitative estimate of drug-likeness (QED) is 0.546. The van der Waals surface area contributed by atoms with Crippen LogP contribution in [0.5, 0.6) is 5.75 Å². The molecule has 1 heterocycles. The molecule has 0 atom stereocenters. The monoisotopic (exact) mass is 422 g/mol. The number of benzene rings is 2. The summed E-state index contributed by atoms with van der Waals surface area (Å²) in [5.41, 5.74) is 8.01. The number of fused-ring (bicyclic) bond motifs is 1. The molecule has 0 spiro atoms. The van der Waals surface area contributed by atoms with Gasteiger partial charge < -0.3 is 15.8 Å². The highest BCUT2D eigenvalue weighted by Crippen LogP contribution is 2.29. The topological polar surface area (TPSA) is 73.1 Å². The fourth-order valence-electron chi connectivity index (χ4n) is 3.77. The lowest BCUT2D eigenvalue weighted by Gasteiger charge is -2.27. The molecule has 3 N–H and O–H groups in total. The molecule has 0 radical (unpaired) electrons. The molecule has 1 aromatic heterocycles. The lowest BCUT2D eigenvalue weighted by molar-refractivity contribution is 0.340. The highest BCUT2D eigenvalue weighted by Gasteiger charge is 2.20. The van der Waals surface area contributed by atoms with Gasteiger partial charge in [-0.25, -0.2) is 9.97 Å². The fourth-order valence-corrected chi connectivity index (χ4v) is 3.89. The number of hydrogen-bond acceptors (Lipinski definition) is 5. The van der Waals surface area contributed by atoms with Gasteiger partial charge in [-0.1, -0.05) is 29.8 Å². The Bertz CT molecular complexity index is 1030. The minimum atomic E-state index is 0.313. The average molecular weight is 423 g/mol. The van der Waals surface area contributed by atoms with Gasteiger partial charge in [0.1, 0.15) is 11.6 Å². The van der Waals surface area contributed by atoms with E-state index in [4.69, 9.17) is 32.0 Å². The van der Waals surface area contributed by atoms with E-state index in [1.165, 1.54) is 0 Å². The molecule has 156 valence electrons. The van der Waals surface area contributed by atoms with Crippen LogP contribution >= 0.6 is 11.6 Å². The van der Waals surface area contributed by atoms with Crippen molar-refractivity contribution in [1.29, 1.82) is 0 Å². The summed E-state index contributed by atoms with van der Waals surface area (Å²) in [5, 5.41) is 5.34. The number of hydrogen-bond donors (Lipinski definition) is 2. The second-order valence-corrected chi connectivity index (χ2v) is 8.12. The molecular formula is C24H27ClN4O. The van der Waals surface area contributed by atoms with Crippen LogP contribution in [0.4, 0.5) is 5.82 Å². The summed E-state index contributed by atoms with van der Waals surface area (Å²) >= 11 is 5.98. The molecule has 5 nitrogen and oxygen atoms in total. The normalized spacial score (nSPS) is 19.3. The fraction of sp³-hybridized carbons (Fsp3) is 0.333. The number of nitrogens with two attached hydrogens (primary N) is 1. The Balaban J connectivity index is 1.67. The maximum absolute atomic E-state index is 6.07. The standard InChI is InChI=1S/C24H27ClN4O/c1-2-30-20-12-13-22-21(15-20)24(27-19-10-8-18(26)9-11-19)29-23(28-22)14-5-16-3-6-17(25)7-4-16/h3-7,12-15,18-19H,2,8-11,26H2,1H3,(H,27,28,29). The zero-order valence-corrected chi connectivity index (χ0v) is 17.9. The van der Waals surface area contributed by atoms with Gasteiger partial charge in [0.15, 0.2) is 5.82 Å². The van der Waals surface area contributed by atoms with Crippen LogP contribution in [-0.4, -0.2) is 28.7 Å². The molecule has 1 aliphatic rings. The van der Waals surface area contributed by atoms with E-state index in [0.717, 1.165) is 58.7 Å². The largest absolute Gasteiger partial charge is 0.494 e. The van der Waals surface area contributed by atoms with Crippen molar-refractivity contribution in [3.05, 3.63) is 58.9 Å². The SMILES string of the molecule is CCOc1ccc2nc(C=Cc3ccc(Cl)cc3)nc(NC3CCC(N)CC3)c2c1. The van der Waals surface area contributed by atoms with E-state index in [0.29, 0.717) is 24.5 Å². The van der Waals surface area contributed by atoms with Crippen LogP contribution < -0.4 is 15.8 Å². The predicted octanol–water partition coefficient (Wildman–Crippen LogP) is 5.53. The van der Waals surface area contributed by atoms with Crippen molar-refractivity contribution in [2.45, 2.75) is 44.7 Å². The molecule has 0 saturated heterocycles. The minimum Gasteiger partial charge on any atom is -0.494 e. The van der Waals surface area contributed by atoms with Crippen LogP contribution in [0.15, 0.2) is 42.5 Å². The lowest BCUT2D eigenvalue weighted by atomic mass is 9.92. The molecular weight excluding hydrogens is 396 g/mol. The number of nitrogens with zero attached hydrogens (tertiary/aromatic N) is 2. The molecule has 0 aliphatic heterocycles. The third kappa shape index (κ3) is 5.10. The molecule has 2 aromatic carbocycles. The van der Waals surface area contributed by atoms with E-state index in [1.54, 1.807) is 0 Å². The van der Waals surface area contributed by atoms with Crippen LogP contribution in [-0.2, 0) is 0 Å². The number of rotatable bonds is 6. The molecule has 0 bridgehead atoms. The molecule has 0 unspecified atom stereocenters. The molecule has 1 fully saturated rings. The molecule has 3 aromatic rings. The first-order valence-electron chi connectivity index (χ1n) is 10.5. The van der Waals surface area contributed by atoms with Gasteiger partial charge in [-0.2, -0.15) is 0 Å². The highest BCUT2D eigenvalue weighted by molar-refractivity contribution is 6.30. The molecule has 1 aliphatic carbocycles. The zero-order chi connectivity index (χ0) is 20.9. The van der Waals surface area contributed by atoms with Crippen LogP contribution in [0, 0.1) is 0 Å².